The molecule has 0 saturated carbocycles. The van der Waals surface area contributed by atoms with Crippen LogP contribution < -0.4 is 16.6 Å². The first-order valence-electron chi connectivity index (χ1n) is 3.82. The van der Waals surface area contributed by atoms with Gasteiger partial charge in [-0.05, 0) is 12.1 Å². The number of benzene rings is 1. The van der Waals surface area contributed by atoms with Crippen LogP contribution >= 0.6 is 0 Å². The van der Waals surface area contributed by atoms with Gasteiger partial charge in [-0.2, -0.15) is 0 Å². The number of rotatable bonds is 3. The maximum absolute atomic E-state index is 10.3. The Balaban J connectivity index is 2.88. The fraction of sp³-hybridized carbons (Fsp3) is 0. The van der Waals surface area contributed by atoms with Gasteiger partial charge in [-0.25, -0.2) is 5.84 Å². The highest BCUT2D eigenvalue weighted by Gasteiger charge is 2.04. The summed E-state index contributed by atoms with van der Waals surface area (Å²) in [5.41, 5.74) is 5.78. The van der Waals surface area contributed by atoms with Crippen molar-refractivity contribution < 1.29 is 4.92 Å². The van der Waals surface area contributed by atoms with Crippen molar-refractivity contribution in [1.82, 2.24) is 0 Å². The van der Waals surface area contributed by atoms with Gasteiger partial charge in [0.15, 0.2) is 0 Å². The standard InChI is InChI=1S/C8H10N4O2/c9-5-6-11(10)7-1-3-8(4-2-7)12(13)14/h1-6H,9-10H2/b6-5-. The lowest BCUT2D eigenvalue weighted by atomic mass is 10.3. The molecule has 0 aliphatic heterocycles. The summed E-state index contributed by atoms with van der Waals surface area (Å²) in [6.07, 6.45) is 2.72. The molecule has 1 aromatic carbocycles. The Morgan fingerprint density at radius 2 is 1.93 bits per heavy atom. The van der Waals surface area contributed by atoms with Gasteiger partial charge in [0.25, 0.3) is 5.69 Å². The summed E-state index contributed by atoms with van der Waals surface area (Å²) >= 11 is 0. The fourth-order valence-electron chi connectivity index (χ4n) is 0.925. The zero-order valence-corrected chi connectivity index (χ0v) is 7.33. The van der Waals surface area contributed by atoms with E-state index in [2.05, 4.69) is 0 Å². The third-order valence-corrected chi connectivity index (χ3v) is 1.61. The Bertz CT molecular complexity index is 347. The number of nitrogens with two attached hydrogens (primary N) is 2. The Hall–Kier alpha value is -2.08. The highest BCUT2D eigenvalue weighted by molar-refractivity contribution is 5.51. The van der Waals surface area contributed by atoms with E-state index in [-0.39, 0.29) is 5.69 Å². The Morgan fingerprint density at radius 1 is 1.36 bits per heavy atom. The molecule has 0 aliphatic carbocycles. The zero-order valence-electron chi connectivity index (χ0n) is 7.33. The molecule has 0 unspecified atom stereocenters. The molecule has 74 valence electrons. The van der Waals surface area contributed by atoms with E-state index in [1.165, 1.54) is 41.7 Å². The minimum atomic E-state index is -0.469. The molecule has 4 N–H and O–H groups in total. The van der Waals surface area contributed by atoms with Gasteiger partial charge >= 0.3 is 0 Å². The predicted octanol–water partition coefficient (Wildman–Crippen LogP) is 0.705. The van der Waals surface area contributed by atoms with E-state index < -0.39 is 4.92 Å². The van der Waals surface area contributed by atoms with E-state index in [4.69, 9.17) is 11.6 Å². The number of non-ortho nitro benzene ring substituents is 1. The van der Waals surface area contributed by atoms with Crippen molar-refractivity contribution in [3.8, 4) is 0 Å². The van der Waals surface area contributed by atoms with Crippen LogP contribution in [0.25, 0.3) is 0 Å². The van der Waals surface area contributed by atoms with Crippen molar-refractivity contribution in [2.45, 2.75) is 0 Å². The fourth-order valence-corrected chi connectivity index (χ4v) is 0.925. The maximum atomic E-state index is 10.3. The van der Waals surface area contributed by atoms with Crippen LogP contribution in [0.2, 0.25) is 0 Å². The highest BCUT2D eigenvalue weighted by Crippen LogP contribution is 2.17. The Labute approximate surface area is 80.5 Å². The van der Waals surface area contributed by atoms with E-state index in [0.29, 0.717) is 5.69 Å². The molecule has 0 amide bonds. The van der Waals surface area contributed by atoms with Crippen molar-refractivity contribution >= 4 is 11.4 Å². The molecule has 0 atom stereocenters. The number of nitro groups is 1. The first-order chi connectivity index (χ1) is 6.65. The summed E-state index contributed by atoms with van der Waals surface area (Å²) < 4.78 is 0. The molecule has 14 heavy (non-hydrogen) atoms. The van der Waals surface area contributed by atoms with E-state index in [0.717, 1.165) is 0 Å². The van der Waals surface area contributed by atoms with Gasteiger partial charge < -0.3 is 5.73 Å². The van der Waals surface area contributed by atoms with Crippen LogP contribution in [-0.2, 0) is 0 Å². The topological polar surface area (TPSA) is 98.4 Å². The SMILES string of the molecule is N/C=C\N(N)c1ccc([N+](=O)[O-])cc1. The van der Waals surface area contributed by atoms with Gasteiger partial charge in [0.1, 0.15) is 0 Å². The Kier molecular flexibility index (Phi) is 3.03. The molecule has 0 saturated heterocycles. The Morgan fingerprint density at radius 3 is 2.36 bits per heavy atom. The third kappa shape index (κ3) is 2.20. The first kappa shape index (κ1) is 10.0. The van der Waals surface area contributed by atoms with Crippen LogP contribution in [-0.4, -0.2) is 4.92 Å². The van der Waals surface area contributed by atoms with Gasteiger partial charge in [0.2, 0.25) is 0 Å². The predicted molar refractivity (Wildman–Crippen MR) is 53.1 cm³/mol. The van der Waals surface area contributed by atoms with Crippen LogP contribution in [0.4, 0.5) is 11.4 Å². The second-order valence-corrected chi connectivity index (χ2v) is 2.52. The van der Waals surface area contributed by atoms with E-state index in [1.807, 2.05) is 0 Å². The van der Waals surface area contributed by atoms with Gasteiger partial charge in [-0.1, -0.05) is 0 Å². The molecule has 0 bridgehead atoms. The van der Waals surface area contributed by atoms with E-state index >= 15 is 0 Å². The zero-order chi connectivity index (χ0) is 10.6. The number of hydrogen-bond donors (Lipinski definition) is 2. The molecule has 1 rings (SSSR count). The van der Waals surface area contributed by atoms with Crippen molar-refractivity contribution in [2.24, 2.45) is 11.6 Å². The van der Waals surface area contributed by atoms with Crippen LogP contribution in [0.1, 0.15) is 0 Å². The maximum Gasteiger partial charge on any atom is 0.269 e. The summed E-state index contributed by atoms with van der Waals surface area (Å²) in [6.45, 7) is 0. The van der Waals surface area contributed by atoms with Gasteiger partial charge in [0.05, 0.1) is 10.6 Å². The second kappa shape index (κ2) is 4.24. The number of nitrogens with zero attached hydrogens (tertiary/aromatic N) is 2. The van der Waals surface area contributed by atoms with Crippen molar-refractivity contribution in [1.29, 1.82) is 0 Å². The van der Waals surface area contributed by atoms with E-state index in [9.17, 15) is 10.1 Å². The van der Waals surface area contributed by atoms with Crippen LogP contribution in [0.15, 0.2) is 36.7 Å². The number of hydrazine groups is 1. The van der Waals surface area contributed by atoms with Gasteiger partial charge in [-0.3, -0.25) is 15.1 Å². The van der Waals surface area contributed by atoms with Gasteiger partial charge in [0, 0.05) is 24.5 Å². The largest absolute Gasteiger partial charge is 0.403 e. The molecular formula is C8H10N4O2. The van der Waals surface area contributed by atoms with Crippen LogP contribution in [0, 0.1) is 10.1 Å². The lowest BCUT2D eigenvalue weighted by Crippen LogP contribution is -2.24. The summed E-state index contributed by atoms with van der Waals surface area (Å²) in [5, 5.41) is 11.6. The van der Waals surface area contributed by atoms with Crippen molar-refractivity contribution in [3.05, 3.63) is 46.8 Å². The molecule has 0 fully saturated rings. The second-order valence-electron chi connectivity index (χ2n) is 2.52. The number of nitro benzene ring substituents is 1. The number of hydrogen-bond acceptors (Lipinski definition) is 5. The molecular weight excluding hydrogens is 184 g/mol. The molecule has 6 heteroatoms. The summed E-state index contributed by atoms with van der Waals surface area (Å²) in [4.78, 5) is 9.87. The smallest absolute Gasteiger partial charge is 0.269 e. The summed E-state index contributed by atoms with van der Waals surface area (Å²) in [7, 11) is 0. The highest BCUT2D eigenvalue weighted by atomic mass is 16.6. The average Bonchev–Trinajstić information content (AvgIpc) is 2.18. The van der Waals surface area contributed by atoms with Gasteiger partial charge in [-0.15, -0.1) is 0 Å². The summed E-state index contributed by atoms with van der Waals surface area (Å²) in [5.74, 6) is 5.53. The molecule has 6 nitrogen and oxygen atoms in total. The molecule has 0 heterocycles. The average molecular weight is 194 g/mol. The molecule has 0 spiro atoms. The van der Waals surface area contributed by atoms with Crippen molar-refractivity contribution in [3.63, 3.8) is 0 Å². The minimum Gasteiger partial charge on any atom is -0.403 e. The lowest BCUT2D eigenvalue weighted by molar-refractivity contribution is -0.384. The normalized spacial score (nSPS) is 10.4. The number of anilines is 1. The summed E-state index contributed by atoms with van der Waals surface area (Å²) in [6, 6.07) is 5.83. The molecule has 0 aliphatic rings. The quantitative estimate of drug-likeness (QED) is 0.419. The minimum absolute atomic E-state index is 0.0267. The third-order valence-electron chi connectivity index (χ3n) is 1.61. The molecule has 0 radical (unpaired) electrons. The first-order valence-corrected chi connectivity index (χ1v) is 3.82. The van der Waals surface area contributed by atoms with Crippen LogP contribution in [0.5, 0.6) is 0 Å². The van der Waals surface area contributed by atoms with Crippen molar-refractivity contribution in [2.75, 3.05) is 5.01 Å². The molecule has 0 aromatic heterocycles. The molecule has 1 aromatic rings. The monoisotopic (exact) mass is 194 g/mol. The van der Waals surface area contributed by atoms with E-state index in [1.54, 1.807) is 0 Å². The van der Waals surface area contributed by atoms with Crippen LogP contribution in [0.3, 0.4) is 0 Å². The lowest BCUT2D eigenvalue weighted by Gasteiger charge is -2.12.